The Morgan fingerprint density at radius 1 is 1.27 bits per heavy atom. The summed E-state index contributed by atoms with van der Waals surface area (Å²) >= 11 is 4.44. The van der Waals surface area contributed by atoms with Crippen molar-refractivity contribution in [1.82, 2.24) is 0 Å². The average Bonchev–Trinajstić information content (AvgIpc) is 2.03. The van der Waals surface area contributed by atoms with Crippen molar-refractivity contribution in [2.45, 2.75) is 12.8 Å². The van der Waals surface area contributed by atoms with Gasteiger partial charge < -0.3 is 17.4 Å². The van der Waals surface area contributed by atoms with Crippen LogP contribution in [0.3, 0.4) is 0 Å². The number of carbonyl (C=O) groups is 1. The van der Waals surface area contributed by atoms with Crippen molar-refractivity contribution in [2.75, 3.05) is 0 Å². The van der Waals surface area contributed by atoms with E-state index in [0.717, 1.165) is 6.42 Å². The van der Waals surface area contributed by atoms with Gasteiger partial charge in [0.15, 0.2) is 0 Å². The molecule has 0 aromatic heterocycles. The van der Waals surface area contributed by atoms with Gasteiger partial charge in [-0.05, 0) is 18.4 Å². The molecule has 0 saturated carbocycles. The van der Waals surface area contributed by atoms with Crippen molar-refractivity contribution in [3.8, 4) is 0 Å². The van der Waals surface area contributed by atoms with Crippen LogP contribution >= 0.6 is 0 Å². The van der Waals surface area contributed by atoms with Gasteiger partial charge in [0.05, 0.1) is 0 Å². The van der Waals surface area contributed by atoms with Gasteiger partial charge in [0.1, 0.15) is 0 Å². The van der Waals surface area contributed by atoms with Crippen LogP contribution in [-0.4, -0.2) is 5.12 Å². The van der Waals surface area contributed by atoms with E-state index in [1.807, 2.05) is 30.3 Å². The Kier molecular flexibility index (Phi) is 3.05. The Labute approximate surface area is 71.8 Å². The maximum Gasteiger partial charge on any atom is 0.0122 e. The molecule has 0 heterocycles. The lowest BCUT2D eigenvalue weighted by atomic mass is 10.1. The third kappa shape index (κ3) is 3.14. The normalized spacial score (nSPS) is 9.45. The van der Waals surface area contributed by atoms with Crippen LogP contribution in [0.15, 0.2) is 30.3 Å². The molecule has 0 radical (unpaired) electrons. The quantitative estimate of drug-likeness (QED) is 0.634. The first-order chi connectivity index (χ1) is 5.29. The van der Waals surface area contributed by atoms with Crippen LogP contribution in [0.5, 0.6) is 0 Å². The van der Waals surface area contributed by atoms with Crippen molar-refractivity contribution >= 4 is 17.7 Å². The minimum Gasteiger partial charge on any atom is -0.742 e. The van der Waals surface area contributed by atoms with Crippen LogP contribution < -0.4 is 0 Å². The molecule has 0 atom stereocenters. The number of hydrogen-bond donors (Lipinski definition) is 0. The van der Waals surface area contributed by atoms with Crippen molar-refractivity contribution < 1.29 is 4.79 Å². The molecule has 11 heavy (non-hydrogen) atoms. The molecule has 0 amide bonds. The van der Waals surface area contributed by atoms with Gasteiger partial charge in [0.2, 0.25) is 0 Å². The molecule has 0 aliphatic heterocycles. The zero-order chi connectivity index (χ0) is 8.10. The summed E-state index contributed by atoms with van der Waals surface area (Å²) in [6.07, 6.45) is 1.24. The first-order valence-electron chi connectivity index (χ1n) is 3.53. The molecule has 0 fully saturated rings. The topological polar surface area (TPSA) is 17.1 Å². The third-order valence-corrected chi connectivity index (χ3v) is 1.66. The molecule has 1 aromatic rings. The van der Waals surface area contributed by atoms with Gasteiger partial charge in [0, 0.05) is 5.12 Å². The van der Waals surface area contributed by atoms with E-state index in [1.54, 1.807) is 0 Å². The number of carbonyl (C=O) groups excluding carboxylic acids is 1. The predicted octanol–water partition coefficient (Wildman–Crippen LogP) is 1.69. The zero-order valence-corrected chi connectivity index (χ0v) is 6.93. The van der Waals surface area contributed by atoms with Crippen LogP contribution in [0, 0.1) is 0 Å². The monoisotopic (exact) mass is 165 g/mol. The van der Waals surface area contributed by atoms with Crippen LogP contribution in [0.4, 0.5) is 0 Å². The van der Waals surface area contributed by atoms with E-state index < -0.39 is 0 Å². The zero-order valence-electron chi connectivity index (χ0n) is 6.12. The molecule has 0 unspecified atom stereocenters. The average molecular weight is 165 g/mol. The number of benzene rings is 1. The second kappa shape index (κ2) is 4.09. The number of aryl methyl sites for hydroxylation is 1. The Bertz CT molecular complexity index is 231. The molecular formula is C9H9OS-. The summed E-state index contributed by atoms with van der Waals surface area (Å²) in [7, 11) is 0. The predicted molar refractivity (Wildman–Crippen MR) is 47.1 cm³/mol. The first-order valence-corrected chi connectivity index (χ1v) is 3.93. The minimum absolute atomic E-state index is 0.158. The summed E-state index contributed by atoms with van der Waals surface area (Å²) < 4.78 is 0. The minimum atomic E-state index is -0.158. The SMILES string of the molecule is O=C([S-])CCc1ccccc1. The van der Waals surface area contributed by atoms with Gasteiger partial charge in [-0.2, -0.15) is 0 Å². The summed E-state index contributed by atoms with van der Waals surface area (Å²) in [6, 6.07) is 9.88. The number of hydrogen-bond acceptors (Lipinski definition) is 2. The fraction of sp³-hybridized carbons (Fsp3) is 0.222. The molecule has 1 nitrogen and oxygen atoms in total. The summed E-state index contributed by atoms with van der Waals surface area (Å²) in [5, 5.41) is -0.158. The van der Waals surface area contributed by atoms with Crippen molar-refractivity contribution in [3.05, 3.63) is 35.9 Å². The lowest BCUT2D eigenvalue weighted by Gasteiger charge is -2.02. The fourth-order valence-corrected chi connectivity index (χ4v) is 0.993. The summed E-state index contributed by atoms with van der Waals surface area (Å²) in [4.78, 5) is 10.4. The Hall–Kier alpha value is -0.890. The van der Waals surface area contributed by atoms with Gasteiger partial charge in [-0.15, -0.1) is 0 Å². The van der Waals surface area contributed by atoms with E-state index in [4.69, 9.17) is 0 Å². The van der Waals surface area contributed by atoms with Crippen molar-refractivity contribution in [3.63, 3.8) is 0 Å². The van der Waals surface area contributed by atoms with Crippen LogP contribution in [0.1, 0.15) is 12.0 Å². The van der Waals surface area contributed by atoms with E-state index in [1.165, 1.54) is 5.56 Å². The van der Waals surface area contributed by atoms with Crippen LogP contribution in [0.2, 0.25) is 0 Å². The van der Waals surface area contributed by atoms with E-state index in [2.05, 4.69) is 12.6 Å². The largest absolute Gasteiger partial charge is 0.742 e. The highest BCUT2D eigenvalue weighted by molar-refractivity contribution is 7.77. The molecule has 1 rings (SSSR count). The molecule has 58 valence electrons. The molecule has 0 aliphatic rings. The lowest BCUT2D eigenvalue weighted by Crippen LogP contribution is -1.94. The maximum absolute atomic E-state index is 10.4. The highest BCUT2D eigenvalue weighted by atomic mass is 32.1. The van der Waals surface area contributed by atoms with E-state index in [9.17, 15) is 4.79 Å². The molecular weight excluding hydrogens is 156 g/mol. The Morgan fingerprint density at radius 3 is 2.45 bits per heavy atom. The van der Waals surface area contributed by atoms with Crippen molar-refractivity contribution in [1.29, 1.82) is 0 Å². The molecule has 0 N–H and O–H groups in total. The summed E-state index contributed by atoms with van der Waals surface area (Å²) in [5.74, 6) is 0. The number of rotatable bonds is 3. The van der Waals surface area contributed by atoms with Gasteiger partial charge in [-0.1, -0.05) is 30.3 Å². The molecule has 0 saturated heterocycles. The van der Waals surface area contributed by atoms with Gasteiger partial charge in [0.25, 0.3) is 0 Å². The molecule has 0 spiro atoms. The summed E-state index contributed by atoms with van der Waals surface area (Å²) in [5.41, 5.74) is 1.17. The molecule has 2 heteroatoms. The standard InChI is InChI=1S/C9H10OS/c10-9(11)7-6-8-4-2-1-3-5-8/h1-5H,6-7H2,(H,10,11)/p-1. The molecule has 1 aromatic carbocycles. The van der Waals surface area contributed by atoms with Gasteiger partial charge in [-0.3, -0.25) is 0 Å². The highest BCUT2D eigenvalue weighted by Crippen LogP contribution is 2.01. The van der Waals surface area contributed by atoms with Crippen LogP contribution in [0.25, 0.3) is 0 Å². The summed E-state index contributed by atoms with van der Waals surface area (Å²) in [6.45, 7) is 0. The lowest BCUT2D eigenvalue weighted by molar-refractivity contribution is -0.110. The maximum atomic E-state index is 10.4. The van der Waals surface area contributed by atoms with E-state index in [-0.39, 0.29) is 5.12 Å². The molecule has 0 bridgehead atoms. The Balaban J connectivity index is 2.45. The fourth-order valence-electron chi connectivity index (χ4n) is 0.891. The second-order valence-electron chi connectivity index (χ2n) is 2.36. The molecule has 0 aliphatic carbocycles. The highest BCUT2D eigenvalue weighted by Gasteiger charge is 1.89. The van der Waals surface area contributed by atoms with Crippen molar-refractivity contribution in [2.24, 2.45) is 0 Å². The van der Waals surface area contributed by atoms with Gasteiger partial charge in [-0.25, -0.2) is 0 Å². The first kappa shape index (κ1) is 8.21. The van der Waals surface area contributed by atoms with E-state index >= 15 is 0 Å². The second-order valence-corrected chi connectivity index (χ2v) is 2.81. The Morgan fingerprint density at radius 2 is 1.91 bits per heavy atom. The smallest absolute Gasteiger partial charge is 0.0122 e. The van der Waals surface area contributed by atoms with Crippen LogP contribution in [-0.2, 0) is 23.8 Å². The van der Waals surface area contributed by atoms with E-state index in [0.29, 0.717) is 6.42 Å². The third-order valence-electron chi connectivity index (χ3n) is 1.46. The van der Waals surface area contributed by atoms with Gasteiger partial charge >= 0.3 is 0 Å².